The fourth-order valence-electron chi connectivity index (χ4n) is 3.19. The van der Waals surface area contributed by atoms with Crippen LogP contribution in [0.25, 0.3) is 0 Å². The third kappa shape index (κ3) is 5.31. The molecule has 1 aliphatic rings. The second-order valence-corrected chi connectivity index (χ2v) is 6.71. The molecule has 0 bridgehead atoms. The van der Waals surface area contributed by atoms with Crippen molar-refractivity contribution < 1.29 is 19.4 Å². The van der Waals surface area contributed by atoms with Crippen LogP contribution in [0.15, 0.2) is 54.6 Å². The van der Waals surface area contributed by atoms with Gasteiger partial charge in [-0.2, -0.15) is 0 Å². The Bertz CT molecular complexity index is 779. The summed E-state index contributed by atoms with van der Waals surface area (Å²) < 4.78 is 5.20. The first-order valence-corrected chi connectivity index (χ1v) is 9.13. The van der Waals surface area contributed by atoms with E-state index >= 15 is 0 Å². The molecule has 6 heteroatoms. The smallest absolute Gasteiger partial charge is 0.411 e. The van der Waals surface area contributed by atoms with E-state index in [1.54, 1.807) is 29.2 Å². The molecule has 1 unspecified atom stereocenters. The minimum absolute atomic E-state index is 0.0885. The highest BCUT2D eigenvalue weighted by Gasteiger charge is 2.24. The van der Waals surface area contributed by atoms with Crippen molar-refractivity contribution in [2.24, 2.45) is 5.92 Å². The number of piperidine rings is 1. The fourth-order valence-corrected chi connectivity index (χ4v) is 3.19. The molecule has 6 nitrogen and oxygen atoms in total. The van der Waals surface area contributed by atoms with Gasteiger partial charge in [0.1, 0.15) is 6.61 Å². The summed E-state index contributed by atoms with van der Waals surface area (Å²) in [7, 11) is 0. The van der Waals surface area contributed by atoms with E-state index in [2.05, 4.69) is 5.32 Å². The Morgan fingerprint density at radius 2 is 1.96 bits per heavy atom. The number of benzene rings is 2. The van der Waals surface area contributed by atoms with Gasteiger partial charge in [-0.15, -0.1) is 0 Å². The molecule has 3 rings (SSSR count). The SMILES string of the molecule is O=C(Nc1cccc(C(=O)N2CCCC(CO)C2)c1)OCc1ccccc1. The number of aliphatic hydroxyl groups is 1. The van der Waals surface area contributed by atoms with E-state index in [9.17, 15) is 14.7 Å². The number of anilines is 1. The molecule has 1 fully saturated rings. The van der Waals surface area contributed by atoms with Crippen LogP contribution in [0, 0.1) is 5.92 Å². The summed E-state index contributed by atoms with van der Waals surface area (Å²) in [5, 5.41) is 12.0. The van der Waals surface area contributed by atoms with E-state index in [1.807, 2.05) is 30.3 Å². The minimum Gasteiger partial charge on any atom is -0.444 e. The number of aliphatic hydroxyl groups excluding tert-OH is 1. The summed E-state index contributed by atoms with van der Waals surface area (Å²) in [6.07, 6.45) is 1.26. The lowest BCUT2D eigenvalue weighted by Crippen LogP contribution is -2.40. The van der Waals surface area contributed by atoms with Crippen molar-refractivity contribution in [3.8, 4) is 0 Å². The van der Waals surface area contributed by atoms with E-state index in [1.165, 1.54) is 0 Å². The van der Waals surface area contributed by atoms with Gasteiger partial charge >= 0.3 is 6.09 Å². The van der Waals surface area contributed by atoms with Gasteiger partial charge in [-0.1, -0.05) is 36.4 Å². The molecule has 1 heterocycles. The normalized spacial score (nSPS) is 16.6. The van der Waals surface area contributed by atoms with E-state index in [0.29, 0.717) is 24.3 Å². The van der Waals surface area contributed by atoms with E-state index in [0.717, 1.165) is 18.4 Å². The van der Waals surface area contributed by atoms with E-state index in [4.69, 9.17) is 4.74 Å². The van der Waals surface area contributed by atoms with Crippen LogP contribution in [0.5, 0.6) is 0 Å². The number of carbonyl (C=O) groups excluding carboxylic acids is 2. The standard InChI is InChI=1S/C21H24N2O4/c24-14-17-8-5-11-23(13-17)20(25)18-9-4-10-19(12-18)22-21(26)27-15-16-6-2-1-3-7-16/h1-4,6-7,9-10,12,17,24H,5,8,11,13-15H2,(H,22,26). The van der Waals surface area contributed by atoms with Crippen LogP contribution >= 0.6 is 0 Å². The van der Waals surface area contributed by atoms with Crippen molar-refractivity contribution >= 4 is 17.7 Å². The molecule has 1 atom stereocenters. The number of hydrogen-bond acceptors (Lipinski definition) is 4. The van der Waals surface area contributed by atoms with Crippen molar-refractivity contribution in [3.63, 3.8) is 0 Å². The van der Waals surface area contributed by atoms with Crippen molar-refractivity contribution in [2.75, 3.05) is 25.0 Å². The largest absolute Gasteiger partial charge is 0.444 e. The zero-order chi connectivity index (χ0) is 19.1. The first-order chi connectivity index (χ1) is 13.2. The van der Waals surface area contributed by atoms with Crippen molar-refractivity contribution in [2.45, 2.75) is 19.4 Å². The predicted octanol–water partition coefficient (Wildman–Crippen LogP) is 3.28. The van der Waals surface area contributed by atoms with Gasteiger partial charge in [-0.3, -0.25) is 10.1 Å². The number of ether oxygens (including phenoxy) is 1. The molecule has 27 heavy (non-hydrogen) atoms. The van der Waals surface area contributed by atoms with Gasteiger partial charge in [0, 0.05) is 30.9 Å². The molecule has 1 aliphatic heterocycles. The van der Waals surface area contributed by atoms with Gasteiger partial charge < -0.3 is 14.7 Å². The van der Waals surface area contributed by atoms with Crippen LogP contribution in [-0.4, -0.2) is 41.7 Å². The number of nitrogens with one attached hydrogen (secondary N) is 1. The van der Waals surface area contributed by atoms with Crippen molar-refractivity contribution in [3.05, 3.63) is 65.7 Å². The molecule has 0 spiro atoms. The van der Waals surface area contributed by atoms with Crippen molar-refractivity contribution in [1.29, 1.82) is 0 Å². The second kappa shape index (κ2) is 9.19. The van der Waals surface area contributed by atoms with Crippen LogP contribution in [-0.2, 0) is 11.3 Å². The third-order valence-corrected chi connectivity index (χ3v) is 4.63. The Morgan fingerprint density at radius 3 is 2.74 bits per heavy atom. The topological polar surface area (TPSA) is 78.9 Å². The maximum absolute atomic E-state index is 12.7. The number of amides is 2. The fraction of sp³-hybridized carbons (Fsp3) is 0.333. The van der Waals surface area contributed by atoms with Crippen LogP contribution in [0.4, 0.5) is 10.5 Å². The lowest BCUT2D eigenvalue weighted by molar-refractivity contribution is 0.0620. The first kappa shape index (κ1) is 18.9. The van der Waals surface area contributed by atoms with Crippen LogP contribution < -0.4 is 5.32 Å². The van der Waals surface area contributed by atoms with Gasteiger partial charge in [-0.25, -0.2) is 4.79 Å². The van der Waals surface area contributed by atoms with Gasteiger partial charge in [0.25, 0.3) is 5.91 Å². The Balaban J connectivity index is 1.58. The minimum atomic E-state index is -0.568. The highest BCUT2D eigenvalue weighted by molar-refractivity contribution is 5.96. The molecule has 142 valence electrons. The monoisotopic (exact) mass is 368 g/mol. The van der Waals surface area contributed by atoms with Crippen LogP contribution in [0.1, 0.15) is 28.8 Å². The summed E-state index contributed by atoms with van der Waals surface area (Å²) in [5.74, 6) is 0.0476. The van der Waals surface area contributed by atoms with Crippen LogP contribution in [0.3, 0.4) is 0 Å². The average molecular weight is 368 g/mol. The molecule has 0 saturated carbocycles. The molecule has 0 aromatic heterocycles. The molecule has 2 amide bonds. The van der Waals surface area contributed by atoms with E-state index < -0.39 is 6.09 Å². The van der Waals surface area contributed by atoms with E-state index in [-0.39, 0.29) is 25.0 Å². The number of likely N-dealkylation sites (tertiary alicyclic amines) is 1. The quantitative estimate of drug-likeness (QED) is 0.849. The maximum atomic E-state index is 12.7. The second-order valence-electron chi connectivity index (χ2n) is 6.71. The predicted molar refractivity (Wildman–Crippen MR) is 102 cm³/mol. The number of nitrogens with zero attached hydrogens (tertiary/aromatic N) is 1. The van der Waals surface area contributed by atoms with Gasteiger partial charge in [0.2, 0.25) is 0 Å². The Morgan fingerprint density at radius 1 is 1.15 bits per heavy atom. The zero-order valence-electron chi connectivity index (χ0n) is 15.1. The molecular weight excluding hydrogens is 344 g/mol. The molecule has 0 aliphatic carbocycles. The molecular formula is C21H24N2O4. The summed E-state index contributed by atoms with van der Waals surface area (Å²) in [6.45, 7) is 1.53. The number of carbonyl (C=O) groups is 2. The third-order valence-electron chi connectivity index (χ3n) is 4.63. The summed E-state index contributed by atoms with van der Waals surface area (Å²) >= 11 is 0. The molecule has 0 radical (unpaired) electrons. The van der Waals surface area contributed by atoms with Gasteiger partial charge in [0.15, 0.2) is 0 Å². The maximum Gasteiger partial charge on any atom is 0.411 e. The lowest BCUT2D eigenvalue weighted by Gasteiger charge is -2.32. The number of rotatable bonds is 5. The highest BCUT2D eigenvalue weighted by atomic mass is 16.5. The molecule has 1 saturated heterocycles. The first-order valence-electron chi connectivity index (χ1n) is 9.13. The molecule has 2 aromatic carbocycles. The van der Waals surface area contributed by atoms with Crippen LogP contribution in [0.2, 0.25) is 0 Å². The Kier molecular flexibility index (Phi) is 6.44. The summed E-state index contributed by atoms with van der Waals surface area (Å²) in [6, 6.07) is 16.2. The lowest BCUT2D eigenvalue weighted by atomic mass is 9.98. The molecule has 2 aromatic rings. The summed E-state index contributed by atoms with van der Waals surface area (Å²) in [5.41, 5.74) is 1.92. The Hall–Kier alpha value is -2.86. The highest BCUT2D eigenvalue weighted by Crippen LogP contribution is 2.20. The van der Waals surface area contributed by atoms with Gasteiger partial charge in [-0.05, 0) is 42.5 Å². The van der Waals surface area contributed by atoms with Gasteiger partial charge in [0.05, 0.1) is 0 Å². The zero-order valence-corrected chi connectivity index (χ0v) is 15.1. The number of hydrogen-bond donors (Lipinski definition) is 2. The molecule has 2 N–H and O–H groups in total. The van der Waals surface area contributed by atoms with Crippen molar-refractivity contribution in [1.82, 2.24) is 4.90 Å². The summed E-state index contributed by atoms with van der Waals surface area (Å²) in [4.78, 5) is 26.5. The average Bonchev–Trinajstić information content (AvgIpc) is 2.72. The Labute approximate surface area is 158 Å².